The number of aromatic nitrogens is 1. The van der Waals surface area contributed by atoms with Gasteiger partial charge in [-0.2, -0.15) is 0 Å². The largest absolute Gasteiger partial charge is 0.436 e. The van der Waals surface area contributed by atoms with Gasteiger partial charge < -0.3 is 9.52 Å². The van der Waals surface area contributed by atoms with Gasteiger partial charge in [0.15, 0.2) is 5.76 Å². The van der Waals surface area contributed by atoms with E-state index in [1.54, 1.807) is 36.4 Å². The molecule has 0 aliphatic rings. The molecule has 0 saturated heterocycles. The van der Waals surface area contributed by atoms with Crippen molar-refractivity contribution in [3.8, 4) is 22.8 Å². The van der Waals surface area contributed by atoms with Gasteiger partial charge in [-0.25, -0.2) is 9.37 Å². The third kappa shape index (κ3) is 3.63. The summed E-state index contributed by atoms with van der Waals surface area (Å²) in [6.07, 6.45) is -1.01. The number of hydrogen-bond donors (Lipinski definition) is 1. The molecule has 0 radical (unpaired) electrons. The van der Waals surface area contributed by atoms with Crippen LogP contribution in [-0.2, 0) is 0 Å². The van der Waals surface area contributed by atoms with Crippen molar-refractivity contribution < 1.29 is 13.9 Å². The first-order chi connectivity index (χ1) is 13.1. The number of aliphatic hydroxyl groups is 1. The van der Waals surface area contributed by atoms with Crippen molar-refractivity contribution in [2.75, 3.05) is 0 Å². The Bertz CT molecular complexity index is 1040. The van der Waals surface area contributed by atoms with Crippen LogP contribution in [0, 0.1) is 5.82 Å². The van der Waals surface area contributed by atoms with Gasteiger partial charge in [0.25, 0.3) is 0 Å². The first kappa shape index (κ1) is 17.5. The second kappa shape index (κ2) is 7.35. The minimum absolute atomic E-state index is 0.346. The molecule has 3 nitrogen and oxygen atoms in total. The maximum absolute atomic E-state index is 13.3. The molecular weight excluding hydrogens is 365 g/mol. The van der Waals surface area contributed by atoms with E-state index in [2.05, 4.69) is 4.98 Å². The minimum atomic E-state index is -1.01. The number of rotatable bonds is 4. The van der Waals surface area contributed by atoms with E-state index in [1.165, 1.54) is 12.1 Å². The summed E-state index contributed by atoms with van der Waals surface area (Å²) >= 11 is 5.94. The van der Waals surface area contributed by atoms with Gasteiger partial charge in [0.2, 0.25) is 5.89 Å². The highest BCUT2D eigenvalue weighted by atomic mass is 35.5. The van der Waals surface area contributed by atoms with E-state index in [0.717, 1.165) is 5.56 Å². The molecule has 1 heterocycles. The maximum atomic E-state index is 13.3. The molecule has 0 saturated carbocycles. The third-order valence-corrected chi connectivity index (χ3v) is 4.48. The number of halogens is 2. The number of benzene rings is 3. The van der Waals surface area contributed by atoms with Crippen molar-refractivity contribution in [3.05, 3.63) is 101 Å². The second-order valence-electron chi connectivity index (χ2n) is 6.06. The molecule has 27 heavy (non-hydrogen) atoms. The zero-order valence-electron chi connectivity index (χ0n) is 14.1. The van der Waals surface area contributed by atoms with E-state index < -0.39 is 6.10 Å². The molecule has 0 aliphatic carbocycles. The van der Waals surface area contributed by atoms with Gasteiger partial charge in [0, 0.05) is 16.1 Å². The number of aliphatic hydroxyl groups excluding tert-OH is 1. The molecule has 1 N–H and O–H groups in total. The fraction of sp³-hybridized carbons (Fsp3) is 0.0455. The van der Waals surface area contributed by atoms with E-state index >= 15 is 0 Å². The summed E-state index contributed by atoms with van der Waals surface area (Å²) < 4.78 is 19.3. The Morgan fingerprint density at radius 2 is 1.52 bits per heavy atom. The number of oxazole rings is 1. The fourth-order valence-electron chi connectivity index (χ4n) is 2.83. The molecule has 4 aromatic rings. The lowest BCUT2D eigenvalue weighted by Gasteiger charge is -2.10. The molecule has 0 amide bonds. The molecule has 4 rings (SSSR count). The van der Waals surface area contributed by atoms with Crippen molar-refractivity contribution in [1.29, 1.82) is 0 Å². The Kier molecular flexibility index (Phi) is 4.75. The van der Waals surface area contributed by atoms with Crippen molar-refractivity contribution in [2.45, 2.75) is 6.10 Å². The van der Waals surface area contributed by atoms with Crippen LogP contribution in [0.2, 0.25) is 5.02 Å². The second-order valence-corrected chi connectivity index (χ2v) is 6.50. The smallest absolute Gasteiger partial charge is 0.227 e. The van der Waals surface area contributed by atoms with Crippen LogP contribution in [0.25, 0.3) is 22.8 Å². The topological polar surface area (TPSA) is 46.3 Å². The highest BCUT2D eigenvalue weighted by Crippen LogP contribution is 2.35. The Morgan fingerprint density at radius 3 is 2.19 bits per heavy atom. The highest BCUT2D eigenvalue weighted by molar-refractivity contribution is 6.30. The summed E-state index contributed by atoms with van der Waals surface area (Å²) in [5.74, 6) is 0.440. The first-order valence-corrected chi connectivity index (χ1v) is 8.75. The van der Waals surface area contributed by atoms with Gasteiger partial charge in [-0.1, -0.05) is 41.9 Å². The maximum Gasteiger partial charge on any atom is 0.227 e. The first-order valence-electron chi connectivity index (χ1n) is 8.37. The van der Waals surface area contributed by atoms with Crippen LogP contribution in [0.15, 0.2) is 83.3 Å². The van der Waals surface area contributed by atoms with Gasteiger partial charge in [-0.3, -0.25) is 0 Å². The lowest BCUT2D eigenvalue weighted by Crippen LogP contribution is -2.02. The standard InChI is InChI=1S/C22H15ClFNO2/c23-17-10-6-14(7-11-17)20(26)19-21(15-8-12-18(24)13-9-15)27-22(25-19)16-4-2-1-3-5-16/h1-13,20,26H. The minimum Gasteiger partial charge on any atom is -0.436 e. The quantitative estimate of drug-likeness (QED) is 0.481. The summed E-state index contributed by atoms with van der Waals surface area (Å²) in [4.78, 5) is 4.53. The molecule has 1 unspecified atom stereocenters. The average Bonchev–Trinajstić information content (AvgIpc) is 3.15. The molecule has 1 aromatic heterocycles. The van der Waals surface area contributed by atoms with Crippen LogP contribution in [0.3, 0.4) is 0 Å². The highest BCUT2D eigenvalue weighted by Gasteiger charge is 2.23. The monoisotopic (exact) mass is 379 g/mol. The van der Waals surface area contributed by atoms with Crippen LogP contribution < -0.4 is 0 Å². The lowest BCUT2D eigenvalue weighted by molar-refractivity contribution is 0.216. The van der Waals surface area contributed by atoms with E-state index in [9.17, 15) is 9.50 Å². The van der Waals surface area contributed by atoms with E-state index in [4.69, 9.17) is 16.0 Å². The molecule has 1 atom stereocenters. The zero-order chi connectivity index (χ0) is 18.8. The molecule has 5 heteroatoms. The summed E-state index contributed by atoms with van der Waals surface area (Å²) in [5.41, 5.74) is 2.42. The van der Waals surface area contributed by atoms with Crippen LogP contribution in [0.5, 0.6) is 0 Å². The summed E-state index contributed by atoms with van der Waals surface area (Å²) in [6, 6.07) is 22.2. The lowest BCUT2D eigenvalue weighted by atomic mass is 10.0. The normalized spacial score (nSPS) is 12.1. The third-order valence-electron chi connectivity index (χ3n) is 4.23. The van der Waals surface area contributed by atoms with Crippen LogP contribution in [0.1, 0.15) is 17.4 Å². The fourth-order valence-corrected chi connectivity index (χ4v) is 2.96. The van der Waals surface area contributed by atoms with Crippen LogP contribution in [-0.4, -0.2) is 10.1 Å². The number of nitrogens with zero attached hydrogens (tertiary/aromatic N) is 1. The Balaban J connectivity index is 1.84. The van der Waals surface area contributed by atoms with E-state index in [1.807, 2.05) is 30.3 Å². The molecular formula is C22H15ClFNO2. The predicted octanol–water partition coefficient (Wildman–Crippen LogP) is 5.88. The number of hydrogen-bond acceptors (Lipinski definition) is 3. The molecule has 0 spiro atoms. The van der Waals surface area contributed by atoms with Gasteiger partial charge in [0.1, 0.15) is 17.6 Å². The molecule has 3 aromatic carbocycles. The van der Waals surface area contributed by atoms with Gasteiger partial charge >= 0.3 is 0 Å². The van der Waals surface area contributed by atoms with E-state index in [0.29, 0.717) is 33.5 Å². The van der Waals surface area contributed by atoms with Gasteiger partial charge in [-0.05, 0) is 54.1 Å². The van der Waals surface area contributed by atoms with Crippen LogP contribution >= 0.6 is 11.6 Å². The summed E-state index contributed by atoms with van der Waals surface area (Å²) in [6.45, 7) is 0. The molecule has 0 aliphatic heterocycles. The van der Waals surface area contributed by atoms with Gasteiger partial charge in [0.05, 0.1) is 0 Å². The van der Waals surface area contributed by atoms with Crippen molar-refractivity contribution >= 4 is 11.6 Å². The summed E-state index contributed by atoms with van der Waals surface area (Å²) in [7, 11) is 0. The molecule has 0 bridgehead atoms. The van der Waals surface area contributed by atoms with Crippen molar-refractivity contribution in [2.24, 2.45) is 0 Å². The Morgan fingerprint density at radius 1 is 0.852 bits per heavy atom. The molecule has 134 valence electrons. The van der Waals surface area contributed by atoms with Gasteiger partial charge in [-0.15, -0.1) is 0 Å². The predicted molar refractivity (Wildman–Crippen MR) is 103 cm³/mol. The SMILES string of the molecule is OC(c1ccc(Cl)cc1)c1nc(-c2ccccc2)oc1-c1ccc(F)cc1. The average molecular weight is 380 g/mol. The van der Waals surface area contributed by atoms with Crippen molar-refractivity contribution in [1.82, 2.24) is 4.98 Å². The Labute approximate surface area is 160 Å². The Hall–Kier alpha value is -2.95. The zero-order valence-corrected chi connectivity index (χ0v) is 14.9. The van der Waals surface area contributed by atoms with E-state index in [-0.39, 0.29) is 5.82 Å². The van der Waals surface area contributed by atoms with Crippen molar-refractivity contribution in [3.63, 3.8) is 0 Å². The molecule has 0 fully saturated rings. The summed E-state index contributed by atoms with van der Waals surface area (Å²) in [5, 5.41) is 11.5. The van der Waals surface area contributed by atoms with Crippen LogP contribution in [0.4, 0.5) is 4.39 Å².